The smallest absolute Gasteiger partial charge is 0.0772 e. The number of rotatable bonds is 3. The third-order valence-corrected chi connectivity index (χ3v) is 4.40. The standard InChI is InChI=1S/C18H16OS/c1-13(19)17-8-4-5-9-18(17)20-16-11-10-14-6-2-3-7-15(14)12-16/h2-13,19H,1H3/t13-/m1/s1. The highest BCUT2D eigenvalue weighted by Crippen LogP contribution is 2.34. The summed E-state index contributed by atoms with van der Waals surface area (Å²) in [7, 11) is 0. The lowest BCUT2D eigenvalue weighted by molar-refractivity contribution is 0.196. The molecule has 0 saturated carbocycles. The zero-order chi connectivity index (χ0) is 13.9. The monoisotopic (exact) mass is 280 g/mol. The fraction of sp³-hybridized carbons (Fsp3) is 0.111. The fourth-order valence-electron chi connectivity index (χ4n) is 2.28. The number of benzene rings is 3. The molecule has 2 heteroatoms. The first-order valence-corrected chi connectivity index (χ1v) is 7.49. The minimum absolute atomic E-state index is 0.445. The van der Waals surface area contributed by atoms with Crippen molar-refractivity contribution in [3.8, 4) is 0 Å². The number of aliphatic hydroxyl groups is 1. The Bertz CT molecular complexity index is 734. The summed E-state index contributed by atoms with van der Waals surface area (Å²) in [5, 5.41) is 12.3. The molecule has 0 bridgehead atoms. The summed E-state index contributed by atoms with van der Waals surface area (Å²) in [6.07, 6.45) is -0.445. The predicted molar refractivity (Wildman–Crippen MR) is 85.1 cm³/mol. The molecular formula is C18H16OS. The first-order chi connectivity index (χ1) is 9.74. The summed E-state index contributed by atoms with van der Waals surface area (Å²) < 4.78 is 0. The van der Waals surface area contributed by atoms with Gasteiger partial charge in [0, 0.05) is 9.79 Å². The maximum absolute atomic E-state index is 9.84. The highest BCUT2D eigenvalue weighted by Gasteiger charge is 2.08. The lowest BCUT2D eigenvalue weighted by Crippen LogP contribution is -1.93. The second-order valence-corrected chi connectivity index (χ2v) is 5.94. The van der Waals surface area contributed by atoms with Crippen molar-refractivity contribution < 1.29 is 5.11 Å². The number of aliphatic hydroxyl groups excluding tert-OH is 1. The van der Waals surface area contributed by atoms with Crippen LogP contribution in [0.4, 0.5) is 0 Å². The van der Waals surface area contributed by atoms with Gasteiger partial charge >= 0.3 is 0 Å². The van der Waals surface area contributed by atoms with Crippen LogP contribution < -0.4 is 0 Å². The van der Waals surface area contributed by atoms with Crippen molar-refractivity contribution in [2.45, 2.75) is 22.8 Å². The third kappa shape index (κ3) is 2.72. The summed E-state index contributed by atoms with van der Waals surface area (Å²) in [6, 6.07) is 22.8. The maximum atomic E-state index is 9.84. The van der Waals surface area contributed by atoms with E-state index in [1.165, 1.54) is 15.7 Å². The summed E-state index contributed by atoms with van der Waals surface area (Å²) in [5.74, 6) is 0. The molecule has 100 valence electrons. The average molecular weight is 280 g/mol. The van der Waals surface area contributed by atoms with Crippen LogP contribution in [0.1, 0.15) is 18.6 Å². The molecule has 0 spiro atoms. The summed E-state index contributed by atoms with van der Waals surface area (Å²) >= 11 is 1.70. The Balaban J connectivity index is 1.97. The van der Waals surface area contributed by atoms with Crippen molar-refractivity contribution in [3.63, 3.8) is 0 Å². The molecule has 1 nitrogen and oxygen atoms in total. The zero-order valence-corrected chi connectivity index (χ0v) is 12.1. The van der Waals surface area contributed by atoms with Gasteiger partial charge in [0.1, 0.15) is 0 Å². The zero-order valence-electron chi connectivity index (χ0n) is 11.3. The van der Waals surface area contributed by atoms with Crippen molar-refractivity contribution in [3.05, 3.63) is 72.3 Å². The van der Waals surface area contributed by atoms with E-state index in [1.54, 1.807) is 18.7 Å². The van der Waals surface area contributed by atoms with Gasteiger partial charge in [0.15, 0.2) is 0 Å². The van der Waals surface area contributed by atoms with Crippen LogP contribution >= 0.6 is 11.8 Å². The molecule has 3 aromatic rings. The van der Waals surface area contributed by atoms with Gasteiger partial charge < -0.3 is 5.11 Å². The molecule has 0 unspecified atom stereocenters. The Morgan fingerprint density at radius 3 is 2.35 bits per heavy atom. The molecule has 0 heterocycles. The molecule has 1 atom stereocenters. The fourth-order valence-corrected chi connectivity index (χ4v) is 3.36. The van der Waals surface area contributed by atoms with Gasteiger partial charge in [0.25, 0.3) is 0 Å². The van der Waals surface area contributed by atoms with Crippen molar-refractivity contribution in [2.75, 3.05) is 0 Å². The van der Waals surface area contributed by atoms with Crippen LogP contribution in [0.5, 0.6) is 0 Å². The minimum Gasteiger partial charge on any atom is -0.389 e. The molecular weight excluding hydrogens is 264 g/mol. The molecule has 0 aliphatic rings. The summed E-state index contributed by atoms with van der Waals surface area (Å²) in [6.45, 7) is 1.81. The van der Waals surface area contributed by atoms with Crippen LogP contribution in [0.3, 0.4) is 0 Å². The van der Waals surface area contributed by atoms with Crippen molar-refractivity contribution in [1.82, 2.24) is 0 Å². The maximum Gasteiger partial charge on any atom is 0.0772 e. The van der Waals surface area contributed by atoms with E-state index in [-0.39, 0.29) is 0 Å². The molecule has 3 aromatic carbocycles. The SMILES string of the molecule is C[C@@H](O)c1ccccc1Sc1ccc2ccccc2c1. The van der Waals surface area contributed by atoms with Crippen LogP contribution in [0.2, 0.25) is 0 Å². The van der Waals surface area contributed by atoms with Crippen molar-refractivity contribution in [2.24, 2.45) is 0 Å². The lowest BCUT2D eigenvalue weighted by Gasteiger charge is -2.11. The number of hydrogen-bond acceptors (Lipinski definition) is 2. The van der Waals surface area contributed by atoms with Gasteiger partial charge in [0.05, 0.1) is 6.10 Å². The molecule has 0 amide bonds. The molecule has 1 N–H and O–H groups in total. The average Bonchev–Trinajstić information content (AvgIpc) is 2.47. The van der Waals surface area contributed by atoms with Crippen molar-refractivity contribution in [1.29, 1.82) is 0 Å². The molecule has 20 heavy (non-hydrogen) atoms. The van der Waals surface area contributed by atoms with E-state index in [0.717, 1.165) is 10.5 Å². The first-order valence-electron chi connectivity index (χ1n) is 6.68. The second kappa shape index (κ2) is 5.70. The van der Waals surface area contributed by atoms with Gasteiger partial charge in [-0.05, 0) is 41.5 Å². The van der Waals surface area contributed by atoms with Gasteiger partial charge in [-0.15, -0.1) is 0 Å². The van der Waals surface area contributed by atoms with E-state index in [1.807, 2.05) is 18.2 Å². The highest BCUT2D eigenvalue weighted by atomic mass is 32.2. The summed E-state index contributed by atoms with van der Waals surface area (Å²) in [5.41, 5.74) is 0.977. The first kappa shape index (κ1) is 13.2. The Labute approximate surface area is 123 Å². The molecule has 0 fully saturated rings. The summed E-state index contributed by atoms with van der Waals surface area (Å²) in [4.78, 5) is 2.30. The van der Waals surface area contributed by atoms with E-state index in [0.29, 0.717) is 0 Å². The predicted octanol–water partition coefficient (Wildman–Crippen LogP) is 5.04. The normalized spacial score (nSPS) is 12.5. The van der Waals surface area contributed by atoms with Gasteiger partial charge in [-0.1, -0.05) is 60.3 Å². The minimum atomic E-state index is -0.445. The molecule has 0 aliphatic heterocycles. The van der Waals surface area contributed by atoms with E-state index < -0.39 is 6.10 Å². The molecule has 0 aromatic heterocycles. The van der Waals surface area contributed by atoms with E-state index >= 15 is 0 Å². The van der Waals surface area contributed by atoms with Gasteiger partial charge in [-0.2, -0.15) is 0 Å². The van der Waals surface area contributed by atoms with E-state index in [4.69, 9.17) is 0 Å². The van der Waals surface area contributed by atoms with Crippen LogP contribution in [0.25, 0.3) is 10.8 Å². The van der Waals surface area contributed by atoms with Crippen LogP contribution in [0, 0.1) is 0 Å². The van der Waals surface area contributed by atoms with Crippen LogP contribution in [-0.4, -0.2) is 5.11 Å². The molecule has 3 rings (SSSR count). The molecule has 0 saturated heterocycles. The Morgan fingerprint density at radius 1 is 0.850 bits per heavy atom. The largest absolute Gasteiger partial charge is 0.389 e. The third-order valence-electron chi connectivity index (χ3n) is 3.32. The number of fused-ring (bicyclic) bond motifs is 1. The quantitative estimate of drug-likeness (QED) is 0.725. The van der Waals surface area contributed by atoms with Crippen molar-refractivity contribution >= 4 is 22.5 Å². The Hall–Kier alpha value is -1.77. The van der Waals surface area contributed by atoms with Gasteiger partial charge in [-0.25, -0.2) is 0 Å². The van der Waals surface area contributed by atoms with Crippen LogP contribution in [0.15, 0.2) is 76.5 Å². The molecule has 0 radical (unpaired) electrons. The van der Waals surface area contributed by atoms with Gasteiger partial charge in [0.2, 0.25) is 0 Å². The highest BCUT2D eigenvalue weighted by molar-refractivity contribution is 7.99. The Kier molecular flexibility index (Phi) is 3.77. The van der Waals surface area contributed by atoms with Gasteiger partial charge in [-0.3, -0.25) is 0 Å². The topological polar surface area (TPSA) is 20.2 Å². The van der Waals surface area contributed by atoms with Crippen LogP contribution in [-0.2, 0) is 0 Å². The van der Waals surface area contributed by atoms with E-state index in [2.05, 4.69) is 48.5 Å². The molecule has 0 aliphatic carbocycles. The lowest BCUT2D eigenvalue weighted by atomic mass is 10.1. The number of hydrogen-bond donors (Lipinski definition) is 1. The van der Waals surface area contributed by atoms with E-state index in [9.17, 15) is 5.11 Å². The Morgan fingerprint density at radius 2 is 1.55 bits per heavy atom. The second-order valence-electron chi connectivity index (χ2n) is 4.82.